The summed E-state index contributed by atoms with van der Waals surface area (Å²) in [5, 5.41) is 0. The van der Waals surface area contributed by atoms with Crippen molar-refractivity contribution in [3.63, 3.8) is 0 Å². The van der Waals surface area contributed by atoms with E-state index in [0.717, 1.165) is 31.2 Å². The van der Waals surface area contributed by atoms with E-state index in [4.69, 9.17) is 5.73 Å². The van der Waals surface area contributed by atoms with Crippen molar-refractivity contribution >= 4 is 5.91 Å². The van der Waals surface area contributed by atoms with E-state index in [0.29, 0.717) is 12.1 Å². The van der Waals surface area contributed by atoms with Gasteiger partial charge in [-0.2, -0.15) is 0 Å². The largest absolute Gasteiger partial charge is 0.339 e. The molecular weight excluding hydrogens is 236 g/mol. The molecule has 1 aliphatic carbocycles. The lowest BCUT2D eigenvalue weighted by Gasteiger charge is -2.33. The highest BCUT2D eigenvalue weighted by Gasteiger charge is 2.25. The van der Waals surface area contributed by atoms with Crippen molar-refractivity contribution in [3.8, 4) is 0 Å². The maximum atomic E-state index is 12.5. The second-order valence-electron chi connectivity index (χ2n) is 5.78. The summed E-state index contributed by atoms with van der Waals surface area (Å²) in [6.07, 6.45) is 4.09. The van der Waals surface area contributed by atoms with Crippen LogP contribution in [0.4, 0.5) is 0 Å². The summed E-state index contributed by atoms with van der Waals surface area (Å²) in [6.45, 7) is 4.11. The molecule has 0 aromatic heterocycles. The summed E-state index contributed by atoms with van der Waals surface area (Å²) in [4.78, 5) is 14.4. The van der Waals surface area contributed by atoms with E-state index in [1.807, 2.05) is 37.1 Å². The Morgan fingerprint density at radius 2 is 1.79 bits per heavy atom. The van der Waals surface area contributed by atoms with Gasteiger partial charge in [0.25, 0.3) is 5.91 Å². The van der Waals surface area contributed by atoms with Gasteiger partial charge in [-0.3, -0.25) is 4.79 Å². The first-order chi connectivity index (χ1) is 8.99. The lowest BCUT2D eigenvalue weighted by Crippen LogP contribution is -2.41. The zero-order valence-electron chi connectivity index (χ0n) is 12.1. The maximum absolute atomic E-state index is 12.5. The molecule has 0 aliphatic heterocycles. The van der Waals surface area contributed by atoms with Gasteiger partial charge in [0.05, 0.1) is 0 Å². The maximum Gasteiger partial charge on any atom is 0.253 e. The van der Waals surface area contributed by atoms with Crippen LogP contribution in [0, 0.1) is 13.8 Å². The molecule has 19 heavy (non-hydrogen) atoms. The van der Waals surface area contributed by atoms with Crippen molar-refractivity contribution in [2.45, 2.75) is 51.6 Å². The highest BCUT2D eigenvalue weighted by Crippen LogP contribution is 2.23. The number of hydrogen-bond donors (Lipinski definition) is 1. The van der Waals surface area contributed by atoms with Crippen LogP contribution in [0.15, 0.2) is 18.2 Å². The topological polar surface area (TPSA) is 46.3 Å². The average Bonchev–Trinajstić information content (AvgIpc) is 2.41. The Balaban J connectivity index is 2.08. The molecule has 2 rings (SSSR count). The smallest absolute Gasteiger partial charge is 0.253 e. The number of aryl methyl sites for hydroxylation is 2. The van der Waals surface area contributed by atoms with Gasteiger partial charge in [-0.25, -0.2) is 0 Å². The van der Waals surface area contributed by atoms with Crippen LogP contribution in [0.25, 0.3) is 0 Å². The molecule has 2 N–H and O–H groups in total. The number of carbonyl (C=O) groups is 1. The third-order valence-electron chi connectivity index (χ3n) is 4.36. The lowest BCUT2D eigenvalue weighted by molar-refractivity contribution is 0.0690. The molecule has 0 radical (unpaired) electrons. The average molecular weight is 260 g/mol. The molecule has 0 atom stereocenters. The Morgan fingerprint density at radius 1 is 1.16 bits per heavy atom. The molecule has 0 saturated heterocycles. The predicted octanol–water partition coefficient (Wildman–Crippen LogP) is 2.65. The summed E-state index contributed by atoms with van der Waals surface area (Å²) in [6, 6.07) is 6.60. The van der Waals surface area contributed by atoms with Gasteiger partial charge < -0.3 is 10.6 Å². The molecule has 0 heterocycles. The zero-order chi connectivity index (χ0) is 14.0. The molecule has 0 bridgehead atoms. The van der Waals surface area contributed by atoms with Crippen LogP contribution in [0.2, 0.25) is 0 Å². The Bertz CT molecular complexity index is 462. The standard InChI is InChI=1S/C16H24N2O/c1-11-4-5-13(10-12(11)2)16(19)18(3)15-8-6-14(17)7-9-15/h4-5,10,14-15H,6-9,17H2,1-3H3. The number of benzene rings is 1. The van der Waals surface area contributed by atoms with E-state index >= 15 is 0 Å². The highest BCUT2D eigenvalue weighted by molar-refractivity contribution is 5.94. The van der Waals surface area contributed by atoms with E-state index in [9.17, 15) is 4.79 Å². The third kappa shape index (κ3) is 3.16. The molecular formula is C16H24N2O. The molecule has 1 aromatic rings. The number of amides is 1. The summed E-state index contributed by atoms with van der Waals surface area (Å²) in [7, 11) is 1.92. The third-order valence-corrected chi connectivity index (χ3v) is 4.36. The van der Waals surface area contributed by atoms with E-state index in [2.05, 4.69) is 6.92 Å². The zero-order valence-corrected chi connectivity index (χ0v) is 12.1. The first-order valence-electron chi connectivity index (χ1n) is 7.09. The molecule has 104 valence electrons. The Hall–Kier alpha value is -1.35. The fraction of sp³-hybridized carbons (Fsp3) is 0.562. The van der Waals surface area contributed by atoms with Gasteiger partial charge in [-0.05, 0) is 62.8 Å². The van der Waals surface area contributed by atoms with Crippen LogP contribution in [0.5, 0.6) is 0 Å². The number of carbonyl (C=O) groups excluding carboxylic acids is 1. The van der Waals surface area contributed by atoms with Crippen molar-refractivity contribution in [1.29, 1.82) is 0 Å². The number of hydrogen-bond acceptors (Lipinski definition) is 2. The van der Waals surface area contributed by atoms with Crippen LogP contribution in [-0.2, 0) is 0 Å². The molecule has 1 amide bonds. The van der Waals surface area contributed by atoms with Crippen LogP contribution in [0.3, 0.4) is 0 Å². The molecule has 0 unspecified atom stereocenters. The van der Waals surface area contributed by atoms with Crippen LogP contribution in [-0.4, -0.2) is 29.9 Å². The monoisotopic (exact) mass is 260 g/mol. The minimum absolute atomic E-state index is 0.128. The molecule has 3 nitrogen and oxygen atoms in total. The van der Waals surface area contributed by atoms with Crippen LogP contribution < -0.4 is 5.73 Å². The molecule has 1 saturated carbocycles. The quantitative estimate of drug-likeness (QED) is 0.888. The van der Waals surface area contributed by atoms with E-state index in [1.54, 1.807) is 0 Å². The van der Waals surface area contributed by atoms with Gasteiger partial charge in [-0.1, -0.05) is 6.07 Å². The second-order valence-corrected chi connectivity index (χ2v) is 5.78. The minimum Gasteiger partial charge on any atom is -0.339 e. The lowest BCUT2D eigenvalue weighted by atomic mass is 9.90. The fourth-order valence-corrected chi connectivity index (χ4v) is 2.73. The Labute approximate surface area is 115 Å². The first kappa shape index (κ1) is 14.1. The van der Waals surface area contributed by atoms with E-state index in [-0.39, 0.29) is 5.91 Å². The molecule has 1 aliphatic rings. The van der Waals surface area contributed by atoms with Gasteiger partial charge in [0.2, 0.25) is 0 Å². The number of rotatable bonds is 2. The highest BCUT2D eigenvalue weighted by atomic mass is 16.2. The van der Waals surface area contributed by atoms with Crippen molar-refractivity contribution in [3.05, 3.63) is 34.9 Å². The number of nitrogens with zero attached hydrogens (tertiary/aromatic N) is 1. The minimum atomic E-state index is 0.128. The van der Waals surface area contributed by atoms with Crippen molar-refractivity contribution in [1.82, 2.24) is 4.90 Å². The van der Waals surface area contributed by atoms with Gasteiger partial charge in [-0.15, -0.1) is 0 Å². The molecule has 1 aromatic carbocycles. The van der Waals surface area contributed by atoms with Crippen LogP contribution in [0.1, 0.15) is 47.2 Å². The van der Waals surface area contributed by atoms with Crippen molar-refractivity contribution < 1.29 is 4.79 Å². The van der Waals surface area contributed by atoms with E-state index in [1.165, 1.54) is 11.1 Å². The molecule has 3 heteroatoms. The fourth-order valence-electron chi connectivity index (χ4n) is 2.73. The number of nitrogens with two attached hydrogens (primary N) is 1. The second kappa shape index (κ2) is 5.74. The summed E-state index contributed by atoms with van der Waals surface area (Å²) in [5.41, 5.74) is 9.11. The Kier molecular flexibility index (Phi) is 4.25. The van der Waals surface area contributed by atoms with Crippen molar-refractivity contribution in [2.24, 2.45) is 5.73 Å². The normalized spacial score (nSPS) is 23.2. The summed E-state index contributed by atoms with van der Waals surface area (Å²) < 4.78 is 0. The van der Waals surface area contributed by atoms with Gasteiger partial charge >= 0.3 is 0 Å². The summed E-state index contributed by atoms with van der Waals surface area (Å²) in [5.74, 6) is 0.128. The summed E-state index contributed by atoms with van der Waals surface area (Å²) >= 11 is 0. The van der Waals surface area contributed by atoms with Crippen molar-refractivity contribution in [2.75, 3.05) is 7.05 Å². The van der Waals surface area contributed by atoms with Gasteiger partial charge in [0, 0.05) is 24.7 Å². The SMILES string of the molecule is Cc1ccc(C(=O)N(C)C2CCC(N)CC2)cc1C. The molecule has 1 fully saturated rings. The van der Waals surface area contributed by atoms with Crippen LogP contribution >= 0.6 is 0 Å². The van der Waals surface area contributed by atoms with Gasteiger partial charge in [0.15, 0.2) is 0 Å². The van der Waals surface area contributed by atoms with Gasteiger partial charge in [0.1, 0.15) is 0 Å². The predicted molar refractivity (Wildman–Crippen MR) is 78.2 cm³/mol. The Morgan fingerprint density at radius 3 is 2.37 bits per heavy atom. The molecule has 0 spiro atoms. The first-order valence-corrected chi connectivity index (χ1v) is 7.09. The van der Waals surface area contributed by atoms with E-state index < -0.39 is 0 Å².